The van der Waals surface area contributed by atoms with Crippen LogP contribution in [-0.2, 0) is 20.8 Å². The van der Waals surface area contributed by atoms with Crippen LogP contribution in [0.1, 0.15) is 26.3 Å². The van der Waals surface area contributed by atoms with E-state index < -0.39 is 37.3 Å². The number of nitrogens with zero attached hydrogens (tertiary/aromatic N) is 1. The largest absolute Gasteiger partial charge is 0.417 e. The fourth-order valence-electron chi connectivity index (χ4n) is 1.68. The molecule has 0 aliphatic rings. The predicted molar refractivity (Wildman–Crippen MR) is 86.5 cm³/mol. The summed E-state index contributed by atoms with van der Waals surface area (Å²) in [5.41, 5.74) is -1.06. The molecule has 1 N–H and O–H groups in total. The highest BCUT2D eigenvalue weighted by molar-refractivity contribution is 7.99. The van der Waals surface area contributed by atoms with Gasteiger partial charge in [-0.05, 0) is 31.7 Å². The van der Waals surface area contributed by atoms with Crippen LogP contribution in [0.25, 0.3) is 0 Å². The van der Waals surface area contributed by atoms with Crippen LogP contribution in [0.5, 0.6) is 0 Å². The summed E-state index contributed by atoms with van der Waals surface area (Å²) in [6.07, 6.45) is -4.17. The zero-order chi connectivity index (χ0) is 18.6. The summed E-state index contributed by atoms with van der Waals surface area (Å²) in [6, 6.07) is 1.39. The predicted octanol–water partition coefficient (Wildman–Crippen LogP) is 2.52. The number of amides is 1. The number of carbonyl (C=O) groups excluding carboxylic acids is 1. The van der Waals surface area contributed by atoms with Gasteiger partial charge in [0.2, 0.25) is 15.7 Å². The van der Waals surface area contributed by atoms with E-state index in [1.165, 1.54) is 13.8 Å². The third-order valence-corrected chi connectivity index (χ3v) is 6.52. The fraction of sp³-hybridized carbons (Fsp3) is 0.571. The van der Waals surface area contributed by atoms with Gasteiger partial charge >= 0.3 is 6.18 Å². The SMILES string of the molecule is CCSCCNC(=O)C(C)(C)S(=O)(=O)c1ccc(C(F)(F)F)cn1. The number of carbonyl (C=O) groups is 1. The number of sulfone groups is 1. The lowest BCUT2D eigenvalue weighted by Crippen LogP contribution is -2.48. The monoisotopic (exact) mass is 384 g/mol. The van der Waals surface area contributed by atoms with Gasteiger partial charge in [-0.2, -0.15) is 24.9 Å². The number of rotatable bonds is 7. The summed E-state index contributed by atoms with van der Waals surface area (Å²) < 4.78 is 60.8. The first-order chi connectivity index (χ1) is 10.9. The number of pyridine rings is 1. The smallest absolute Gasteiger partial charge is 0.354 e. The van der Waals surface area contributed by atoms with Crippen LogP contribution < -0.4 is 5.32 Å². The lowest BCUT2D eigenvalue weighted by molar-refractivity contribution is -0.137. The van der Waals surface area contributed by atoms with E-state index in [-0.39, 0.29) is 0 Å². The molecule has 0 saturated carbocycles. The van der Waals surface area contributed by atoms with Crippen molar-refractivity contribution in [3.8, 4) is 0 Å². The molecule has 0 saturated heterocycles. The molecular formula is C14H19F3N2O3S2. The molecule has 1 aromatic rings. The van der Waals surface area contributed by atoms with Gasteiger partial charge in [-0.15, -0.1) is 0 Å². The Bertz CT molecular complexity index is 672. The maximum absolute atomic E-state index is 12.5. The molecule has 0 fully saturated rings. The molecule has 0 atom stereocenters. The van der Waals surface area contributed by atoms with E-state index in [1.54, 1.807) is 11.8 Å². The Morgan fingerprint density at radius 2 is 1.92 bits per heavy atom. The zero-order valence-corrected chi connectivity index (χ0v) is 15.1. The first-order valence-electron chi connectivity index (χ1n) is 7.08. The van der Waals surface area contributed by atoms with E-state index in [1.807, 2.05) is 6.92 Å². The summed E-state index contributed by atoms with van der Waals surface area (Å²) in [6.45, 7) is 4.65. The molecule has 0 radical (unpaired) electrons. The third-order valence-electron chi connectivity index (χ3n) is 3.29. The minimum atomic E-state index is -4.61. The molecule has 1 rings (SSSR count). The molecule has 1 amide bonds. The second-order valence-electron chi connectivity index (χ2n) is 5.35. The Morgan fingerprint density at radius 1 is 1.29 bits per heavy atom. The van der Waals surface area contributed by atoms with Gasteiger partial charge < -0.3 is 5.32 Å². The van der Waals surface area contributed by atoms with Crippen LogP contribution in [0.3, 0.4) is 0 Å². The van der Waals surface area contributed by atoms with Crippen molar-refractivity contribution in [1.82, 2.24) is 10.3 Å². The molecule has 0 bridgehead atoms. The quantitative estimate of drug-likeness (QED) is 0.731. The lowest BCUT2D eigenvalue weighted by atomic mass is 10.2. The Balaban J connectivity index is 2.98. The van der Waals surface area contributed by atoms with Crippen molar-refractivity contribution in [2.45, 2.75) is 36.7 Å². The van der Waals surface area contributed by atoms with Crippen molar-refractivity contribution in [2.75, 3.05) is 18.1 Å². The van der Waals surface area contributed by atoms with Gasteiger partial charge in [-0.3, -0.25) is 4.79 Å². The molecule has 0 spiro atoms. The van der Waals surface area contributed by atoms with Crippen molar-refractivity contribution < 1.29 is 26.4 Å². The zero-order valence-electron chi connectivity index (χ0n) is 13.5. The Labute approximate surface area is 143 Å². The van der Waals surface area contributed by atoms with Gasteiger partial charge in [-0.1, -0.05) is 6.92 Å². The summed E-state index contributed by atoms with van der Waals surface area (Å²) >= 11 is 1.59. The van der Waals surface area contributed by atoms with Gasteiger partial charge in [0.1, 0.15) is 0 Å². The summed E-state index contributed by atoms with van der Waals surface area (Å²) in [5, 5.41) is 1.95. The van der Waals surface area contributed by atoms with Crippen molar-refractivity contribution in [2.24, 2.45) is 0 Å². The third kappa shape index (κ3) is 4.62. The molecular weight excluding hydrogens is 365 g/mol. The van der Waals surface area contributed by atoms with Crippen molar-refractivity contribution in [3.63, 3.8) is 0 Å². The van der Waals surface area contributed by atoms with E-state index >= 15 is 0 Å². The summed E-state index contributed by atoms with van der Waals surface area (Å²) in [4.78, 5) is 15.5. The molecule has 0 aromatic carbocycles. The number of aromatic nitrogens is 1. The van der Waals surface area contributed by atoms with Gasteiger partial charge in [0.05, 0.1) is 5.56 Å². The van der Waals surface area contributed by atoms with E-state index in [2.05, 4.69) is 10.3 Å². The number of hydrogen-bond acceptors (Lipinski definition) is 5. The second-order valence-corrected chi connectivity index (χ2v) is 9.19. The average molecular weight is 384 g/mol. The van der Waals surface area contributed by atoms with Crippen LogP contribution in [0.4, 0.5) is 13.2 Å². The van der Waals surface area contributed by atoms with Crippen molar-refractivity contribution >= 4 is 27.5 Å². The van der Waals surface area contributed by atoms with Crippen LogP contribution in [0.15, 0.2) is 23.4 Å². The van der Waals surface area contributed by atoms with Crippen LogP contribution >= 0.6 is 11.8 Å². The van der Waals surface area contributed by atoms with Gasteiger partial charge in [0.15, 0.2) is 9.77 Å². The normalized spacial score (nSPS) is 12.9. The number of thioether (sulfide) groups is 1. The van der Waals surface area contributed by atoms with E-state index in [0.29, 0.717) is 24.6 Å². The van der Waals surface area contributed by atoms with Crippen LogP contribution in [0, 0.1) is 0 Å². The van der Waals surface area contributed by atoms with Crippen molar-refractivity contribution in [3.05, 3.63) is 23.9 Å². The first kappa shape index (κ1) is 20.8. The average Bonchev–Trinajstić information content (AvgIpc) is 2.50. The Morgan fingerprint density at radius 3 is 2.38 bits per heavy atom. The van der Waals surface area contributed by atoms with E-state index in [9.17, 15) is 26.4 Å². The van der Waals surface area contributed by atoms with E-state index in [4.69, 9.17) is 0 Å². The minimum absolute atomic E-state index is 0.302. The van der Waals surface area contributed by atoms with Gasteiger partial charge in [0, 0.05) is 18.5 Å². The maximum Gasteiger partial charge on any atom is 0.417 e. The number of nitrogens with one attached hydrogen (secondary N) is 1. The summed E-state index contributed by atoms with van der Waals surface area (Å²) in [5.74, 6) is 0.783. The molecule has 136 valence electrons. The lowest BCUT2D eigenvalue weighted by Gasteiger charge is -2.23. The number of alkyl halides is 3. The maximum atomic E-state index is 12.5. The molecule has 1 aromatic heterocycles. The topological polar surface area (TPSA) is 76.1 Å². The molecule has 10 heteroatoms. The molecule has 0 aliphatic carbocycles. The molecule has 24 heavy (non-hydrogen) atoms. The highest BCUT2D eigenvalue weighted by Gasteiger charge is 2.44. The Kier molecular flexibility index (Phi) is 6.68. The minimum Gasteiger partial charge on any atom is -0.354 e. The summed E-state index contributed by atoms with van der Waals surface area (Å²) in [7, 11) is -4.24. The fourth-order valence-corrected chi connectivity index (χ4v) is 3.50. The van der Waals surface area contributed by atoms with Crippen LogP contribution in [0.2, 0.25) is 0 Å². The van der Waals surface area contributed by atoms with Crippen molar-refractivity contribution in [1.29, 1.82) is 0 Å². The number of halogens is 3. The first-order valence-corrected chi connectivity index (χ1v) is 9.72. The van der Waals surface area contributed by atoms with Gasteiger partial charge in [0.25, 0.3) is 0 Å². The molecule has 0 aliphatic heterocycles. The molecule has 5 nitrogen and oxygen atoms in total. The molecule has 1 heterocycles. The number of hydrogen-bond donors (Lipinski definition) is 1. The van der Waals surface area contributed by atoms with E-state index in [0.717, 1.165) is 11.8 Å². The second kappa shape index (κ2) is 7.73. The van der Waals surface area contributed by atoms with Crippen LogP contribution in [-0.4, -0.2) is 42.1 Å². The van der Waals surface area contributed by atoms with Gasteiger partial charge in [-0.25, -0.2) is 13.4 Å². The molecule has 0 unspecified atom stereocenters. The standard InChI is InChI=1S/C14H19F3N2O3S2/c1-4-23-8-7-18-12(20)13(2,3)24(21,22)11-6-5-10(9-19-11)14(15,16)17/h5-6,9H,4,7-8H2,1-3H3,(H,18,20). The highest BCUT2D eigenvalue weighted by atomic mass is 32.2. The highest BCUT2D eigenvalue weighted by Crippen LogP contribution is 2.30. The Hall–Kier alpha value is -1.29.